The van der Waals surface area contributed by atoms with Crippen molar-refractivity contribution in [3.8, 4) is 0 Å². The van der Waals surface area contributed by atoms with Gasteiger partial charge in [-0.15, -0.1) is 0 Å². The zero-order chi connectivity index (χ0) is 15.0. The molecule has 0 aromatic heterocycles. The van der Waals surface area contributed by atoms with Crippen molar-refractivity contribution in [2.45, 2.75) is 63.1 Å². The van der Waals surface area contributed by atoms with Crippen LogP contribution in [-0.2, 0) is 10.2 Å². The van der Waals surface area contributed by atoms with Crippen molar-refractivity contribution in [2.75, 3.05) is 0 Å². The van der Waals surface area contributed by atoms with Gasteiger partial charge >= 0.3 is 0 Å². The van der Waals surface area contributed by atoms with E-state index < -0.39 is 5.41 Å². The van der Waals surface area contributed by atoms with E-state index in [1.54, 1.807) is 0 Å². The predicted molar refractivity (Wildman–Crippen MR) is 85.6 cm³/mol. The van der Waals surface area contributed by atoms with Gasteiger partial charge in [-0.25, -0.2) is 0 Å². The molecule has 1 aromatic carbocycles. The maximum Gasteiger partial charge on any atom is 0.230 e. The van der Waals surface area contributed by atoms with Crippen molar-refractivity contribution in [1.29, 1.82) is 0 Å². The predicted octanol–water partition coefficient (Wildman–Crippen LogP) is 3.02. The van der Waals surface area contributed by atoms with Crippen LogP contribution in [-0.4, -0.2) is 24.0 Å². The van der Waals surface area contributed by atoms with E-state index >= 15 is 0 Å². The summed E-state index contributed by atoms with van der Waals surface area (Å²) in [6.07, 6.45) is 4.59. The van der Waals surface area contributed by atoms with Crippen LogP contribution in [0.25, 0.3) is 0 Å². The van der Waals surface area contributed by atoms with E-state index in [-0.39, 0.29) is 5.91 Å². The van der Waals surface area contributed by atoms with Crippen LogP contribution < -0.4 is 10.6 Å². The minimum atomic E-state index is -0.561. The molecule has 0 spiro atoms. The highest BCUT2D eigenvalue weighted by Gasteiger charge is 2.37. The Labute approximate surface area is 131 Å². The second kappa shape index (κ2) is 5.62. The Morgan fingerprint density at radius 3 is 2.57 bits per heavy atom. The van der Waals surface area contributed by atoms with Gasteiger partial charge in [-0.3, -0.25) is 4.79 Å². The number of hydrogen-bond donors (Lipinski definition) is 2. The molecule has 2 aliphatic rings. The van der Waals surface area contributed by atoms with Crippen LogP contribution in [0.4, 0.5) is 0 Å². The fraction of sp³-hybridized carbons (Fsp3) is 0.588. The molecule has 2 bridgehead atoms. The van der Waals surface area contributed by atoms with E-state index in [9.17, 15) is 4.79 Å². The van der Waals surface area contributed by atoms with Gasteiger partial charge in [0.1, 0.15) is 0 Å². The van der Waals surface area contributed by atoms with Crippen LogP contribution in [0.3, 0.4) is 0 Å². The average molecular weight is 307 g/mol. The topological polar surface area (TPSA) is 41.1 Å². The van der Waals surface area contributed by atoms with E-state index in [0.717, 1.165) is 18.4 Å². The first-order valence-corrected chi connectivity index (χ1v) is 8.16. The molecule has 2 aliphatic heterocycles. The van der Waals surface area contributed by atoms with Gasteiger partial charge in [-0.05, 0) is 57.2 Å². The maximum absolute atomic E-state index is 12.7. The lowest BCUT2D eigenvalue weighted by Gasteiger charge is -2.33. The first-order chi connectivity index (χ1) is 9.95. The van der Waals surface area contributed by atoms with Gasteiger partial charge < -0.3 is 10.6 Å². The van der Waals surface area contributed by atoms with Crippen molar-refractivity contribution in [3.05, 3.63) is 34.9 Å². The third-order valence-corrected chi connectivity index (χ3v) is 5.16. The molecular weight excluding hydrogens is 284 g/mol. The molecule has 114 valence electrons. The number of amides is 1. The molecule has 2 saturated heterocycles. The van der Waals surface area contributed by atoms with E-state index in [4.69, 9.17) is 11.6 Å². The van der Waals surface area contributed by atoms with Crippen molar-refractivity contribution in [3.63, 3.8) is 0 Å². The van der Waals surface area contributed by atoms with Gasteiger partial charge in [0.15, 0.2) is 0 Å². The summed E-state index contributed by atoms with van der Waals surface area (Å²) in [7, 11) is 0. The third kappa shape index (κ3) is 3.09. The fourth-order valence-electron chi connectivity index (χ4n) is 3.55. The Morgan fingerprint density at radius 2 is 1.95 bits per heavy atom. The fourth-order valence-corrected chi connectivity index (χ4v) is 3.74. The van der Waals surface area contributed by atoms with Gasteiger partial charge in [0.2, 0.25) is 5.91 Å². The molecule has 0 saturated carbocycles. The lowest BCUT2D eigenvalue weighted by Crippen LogP contribution is -2.51. The summed E-state index contributed by atoms with van der Waals surface area (Å²) in [5.74, 6) is 0.0936. The summed E-state index contributed by atoms with van der Waals surface area (Å²) < 4.78 is 0. The van der Waals surface area contributed by atoms with E-state index in [1.807, 2.05) is 38.1 Å². The number of carbonyl (C=O) groups excluding carboxylic acids is 1. The first kappa shape index (κ1) is 14.9. The Hall–Kier alpha value is -1.06. The van der Waals surface area contributed by atoms with Crippen molar-refractivity contribution >= 4 is 17.5 Å². The molecular formula is C17H23ClN2O. The molecule has 2 heterocycles. The van der Waals surface area contributed by atoms with Crippen molar-refractivity contribution in [2.24, 2.45) is 0 Å². The molecule has 2 atom stereocenters. The molecule has 2 fully saturated rings. The molecule has 2 N–H and O–H groups in total. The number of carbonyl (C=O) groups is 1. The standard InChI is InChI=1S/C17H23ClN2O/c1-17(2,11-4-3-5-12(18)8-11)16(21)20-15-9-13-6-7-14(10-15)19-13/h3-5,8,13-15,19H,6-7,9-10H2,1-2H3,(H,20,21). The number of nitrogens with one attached hydrogen (secondary N) is 2. The van der Waals surface area contributed by atoms with Crippen molar-refractivity contribution < 1.29 is 4.79 Å². The lowest BCUT2D eigenvalue weighted by atomic mass is 9.83. The number of piperidine rings is 1. The van der Waals surface area contributed by atoms with Gasteiger partial charge in [0.25, 0.3) is 0 Å². The second-order valence-electron chi connectivity index (χ2n) is 6.92. The molecule has 1 amide bonds. The molecule has 3 nitrogen and oxygen atoms in total. The zero-order valence-electron chi connectivity index (χ0n) is 12.7. The Kier molecular flexibility index (Phi) is 3.98. The number of halogens is 1. The lowest BCUT2D eigenvalue weighted by molar-refractivity contribution is -0.126. The third-order valence-electron chi connectivity index (χ3n) is 4.92. The summed E-state index contributed by atoms with van der Waals surface area (Å²) in [5.41, 5.74) is 0.402. The quantitative estimate of drug-likeness (QED) is 0.901. The van der Waals surface area contributed by atoms with Crippen molar-refractivity contribution in [1.82, 2.24) is 10.6 Å². The summed E-state index contributed by atoms with van der Waals surface area (Å²) >= 11 is 6.05. The first-order valence-electron chi connectivity index (χ1n) is 7.78. The van der Waals surface area contributed by atoms with Crippen LogP contribution in [0.5, 0.6) is 0 Å². The largest absolute Gasteiger partial charge is 0.352 e. The Bertz CT molecular complexity index is 531. The molecule has 0 aliphatic carbocycles. The number of fused-ring (bicyclic) bond motifs is 2. The minimum absolute atomic E-state index is 0.0936. The van der Waals surface area contributed by atoms with Gasteiger partial charge in [0.05, 0.1) is 5.41 Å². The Morgan fingerprint density at radius 1 is 1.29 bits per heavy atom. The second-order valence-corrected chi connectivity index (χ2v) is 7.35. The maximum atomic E-state index is 12.7. The number of hydrogen-bond acceptors (Lipinski definition) is 2. The van der Waals surface area contributed by atoms with E-state index in [1.165, 1.54) is 12.8 Å². The van der Waals surface area contributed by atoms with Gasteiger partial charge in [0, 0.05) is 23.1 Å². The van der Waals surface area contributed by atoms with E-state index in [2.05, 4.69) is 10.6 Å². The Balaban J connectivity index is 1.69. The molecule has 3 rings (SSSR count). The zero-order valence-corrected chi connectivity index (χ0v) is 13.4. The van der Waals surface area contributed by atoms with E-state index in [0.29, 0.717) is 23.1 Å². The van der Waals surface area contributed by atoms with Crippen LogP contribution in [0.15, 0.2) is 24.3 Å². The molecule has 21 heavy (non-hydrogen) atoms. The molecule has 2 unspecified atom stereocenters. The van der Waals surface area contributed by atoms with Gasteiger partial charge in [-0.2, -0.15) is 0 Å². The van der Waals surface area contributed by atoms with Crippen LogP contribution in [0, 0.1) is 0 Å². The highest BCUT2D eigenvalue weighted by Crippen LogP contribution is 2.29. The van der Waals surface area contributed by atoms with Crippen LogP contribution in [0.1, 0.15) is 45.1 Å². The van der Waals surface area contributed by atoms with Crippen LogP contribution in [0.2, 0.25) is 5.02 Å². The SMILES string of the molecule is CC(C)(C(=O)NC1CC2CCC(C1)N2)c1cccc(Cl)c1. The number of rotatable bonds is 3. The summed E-state index contributed by atoms with van der Waals surface area (Å²) in [6, 6.07) is 9.06. The molecule has 1 aromatic rings. The smallest absolute Gasteiger partial charge is 0.230 e. The minimum Gasteiger partial charge on any atom is -0.352 e. The highest BCUT2D eigenvalue weighted by atomic mass is 35.5. The molecule has 4 heteroatoms. The summed E-state index contributed by atoms with van der Waals surface area (Å²) in [4.78, 5) is 12.7. The number of benzene rings is 1. The van der Waals surface area contributed by atoms with Gasteiger partial charge in [-0.1, -0.05) is 23.7 Å². The van der Waals surface area contributed by atoms with Crippen LogP contribution >= 0.6 is 11.6 Å². The average Bonchev–Trinajstić information content (AvgIpc) is 2.78. The monoisotopic (exact) mass is 306 g/mol. The molecule has 0 radical (unpaired) electrons. The summed E-state index contributed by atoms with van der Waals surface area (Å²) in [6.45, 7) is 3.92. The normalized spacial score (nSPS) is 28.4. The summed E-state index contributed by atoms with van der Waals surface area (Å²) in [5, 5.41) is 7.53. The highest BCUT2D eigenvalue weighted by molar-refractivity contribution is 6.30.